The van der Waals surface area contributed by atoms with Crippen LogP contribution < -0.4 is 10.5 Å². The third-order valence-electron chi connectivity index (χ3n) is 2.53. The molecule has 2 rings (SSSR count). The van der Waals surface area contributed by atoms with Crippen molar-refractivity contribution in [2.24, 2.45) is 0 Å². The highest BCUT2D eigenvalue weighted by atomic mass is 79.9. The molecule has 0 amide bonds. The topological polar surface area (TPSA) is 98.0 Å². The molecule has 0 fully saturated rings. The standard InChI is InChI=1S/C12H13BrN4O2S/c1-8-3-2-4-10(17-8)7-16-20(18,19)11-5-9(13)6-15-12(11)14/h2-6,16H,7H2,1H3,(H2,14,15). The van der Waals surface area contributed by atoms with Crippen LogP contribution in [-0.2, 0) is 16.6 Å². The first-order chi connectivity index (χ1) is 9.38. The van der Waals surface area contributed by atoms with Crippen molar-refractivity contribution in [2.75, 3.05) is 5.73 Å². The van der Waals surface area contributed by atoms with Crippen LogP contribution in [0.15, 0.2) is 39.8 Å². The molecule has 0 aliphatic carbocycles. The number of aryl methyl sites for hydroxylation is 1. The maximum atomic E-state index is 12.2. The van der Waals surface area contributed by atoms with Crippen molar-refractivity contribution >= 4 is 31.8 Å². The van der Waals surface area contributed by atoms with E-state index in [0.717, 1.165) is 5.69 Å². The molecule has 106 valence electrons. The van der Waals surface area contributed by atoms with Gasteiger partial charge in [0.25, 0.3) is 0 Å². The van der Waals surface area contributed by atoms with E-state index in [-0.39, 0.29) is 17.3 Å². The van der Waals surface area contributed by atoms with Gasteiger partial charge in [0.05, 0.1) is 12.2 Å². The number of nitrogens with zero attached hydrogens (tertiary/aromatic N) is 2. The van der Waals surface area contributed by atoms with Gasteiger partial charge in [-0.25, -0.2) is 18.1 Å². The lowest BCUT2D eigenvalue weighted by atomic mass is 10.3. The summed E-state index contributed by atoms with van der Waals surface area (Å²) in [5.74, 6) is -0.0436. The summed E-state index contributed by atoms with van der Waals surface area (Å²) in [4.78, 5) is 7.98. The number of rotatable bonds is 4. The lowest BCUT2D eigenvalue weighted by Gasteiger charge is -2.09. The minimum Gasteiger partial charge on any atom is -0.383 e. The number of hydrogen-bond acceptors (Lipinski definition) is 5. The number of halogens is 1. The molecule has 2 aromatic heterocycles. The first-order valence-corrected chi connectivity index (χ1v) is 7.99. The molecule has 0 radical (unpaired) electrons. The highest BCUT2D eigenvalue weighted by Crippen LogP contribution is 2.20. The molecule has 0 saturated carbocycles. The lowest BCUT2D eigenvalue weighted by molar-refractivity contribution is 0.580. The SMILES string of the molecule is Cc1cccc(CNS(=O)(=O)c2cc(Br)cnc2N)n1. The van der Waals surface area contributed by atoms with Crippen LogP contribution in [0.3, 0.4) is 0 Å². The number of anilines is 1. The summed E-state index contributed by atoms with van der Waals surface area (Å²) in [5.41, 5.74) is 7.06. The maximum Gasteiger partial charge on any atom is 0.244 e. The second-order valence-electron chi connectivity index (χ2n) is 4.13. The fourth-order valence-electron chi connectivity index (χ4n) is 1.59. The molecular weight excluding hydrogens is 344 g/mol. The molecule has 0 spiro atoms. The zero-order chi connectivity index (χ0) is 14.8. The Kier molecular flexibility index (Phi) is 4.36. The van der Waals surface area contributed by atoms with Crippen molar-refractivity contribution in [3.63, 3.8) is 0 Å². The van der Waals surface area contributed by atoms with E-state index >= 15 is 0 Å². The van der Waals surface area contributed by atoms with E-state index in [9.17, 15) is 8.42 Å². The van der Waals surface area contributed by atoms with Gasteiger partial charge >= 0.3 is 0 Å². The molecule has 0 bridgehead atoms. The van der Waals surface area contributed by atoms with Crippen molar-refractivity contribution in [1.29, 1.82) is 0 Å². The summed E-state index contributed by atoms with van der Waals surface area (Å²) in [6.07, 6.45) is 1.44. The van der Waals surface area contributed by atoms with Crippen molar-refractivity contribution in [3.05, 3.63) is 46.3 Å². The molecule has 0 saturated heterocycles. The fourth-order valence-corrected chi connectivity index (χ4v) is 3.18. The number of aromatic nitrogens is 2. The summed E-state index contributed by atoms with van der Waals surface area (Å²) < 4.78 is 27.4. The van der Waals surface area contributed by atoms with E-state index in [2.05, 4.69) is 30.6 Å². The normalized spacial score (nSPS) is 11.5. The first-order valence-electron chi connectivity index (χ1n) is 5.72. The lowest BCUT2D eigenvalue weighted by Crippen LogP contribution is -2.25. The Morgan fingerprint density at radius 3 is 2.85 bits per heavy atom. The third-order valence-corrected chi connectivity index (χ3v) is 4.39. The van der Waals surface area contributed by atoms with Gasteiger partial charge in [-0.15, -0.1) is 0 Å². The van der Waals surface area contributed by atoms with Crippen molar-refractivity contribution in [2.45, 2.75) is 18.4 Å². The molecule has 20 heavy (non-hydrogen) atoms. The van der Waals surface area contributed by atoms with E-state index in [1.165, 1.54) is 12.3 Å². The van der Waals surface area contributed by atoms with E-state index in [4.69, 9.17) is 5.73 Å². The van der Waals surface area contributed by atoms with Crippen molar-refractivity contribution in [3.8, 4) is 0 Å². The minimum absolute atomic E-state index is 0.0436. The van der Waals surface area contributed by atoms with Gasteiger partial charge in [0, 0.05) is 16.4 Å². The van der Waals surface area contributed by atoms with Crippen LogP contribution in [0.1, 0.15) is 11.4 Å². The number of nitrogen functional groups attached to an aromatic ring is 1. The average Bonchev–Trinajstić information content (AvgIpc) is 2.39. The van der Waals surface area contributed by atoms with Crippen LogP contribution in [0, 0.1) is 6.92 Å². The van der Waals surface area contributed by atoms with Crippen LogP contribution in [0.2, 0.25) is 0 Å². The molecule has 0 aliphatic rings. The van der Waals surface area contributed by atoms with Gasteiger partial charge in [-0.1, -0.05) is 6.07 Å². The second kappa shape index (κ2) is 5.86. The van der Waals surface area contributed by atoms with Crippen LogP contribution >= 0.6 is 15.9 Å². The number of hydrogen-bond donors (Lipinski definition) is 2. The summed E-state index contributed by atoms with van der Waals surface area (Å²) in [7, 11) is -3.73. The van der Waals surface area contributed by atoms with Gasteiger partial charge in [-0.2, -0.15) is 0 Å². The molecule has 2 aromatic rings. The van der Waals surface area contributed by atoms with Crippen LogP contribution in [0.25, 0.3) is 0 Å². The summed E-state index contributed by atoms with van der Waals surface area (Å²) >= 11 is 3.17. The molecule has 3 N–H and O–H groups in total. The van der Waals surface area contributed by atoms with Crippen LogP contribution in [0.5, 0.6) is 0 Å². The van der Waals surface area contributed by atoms with Crippen molar-refractivity contribution < 1.29 is 8.42 Å². The van der Waals surface area contributed by atoms with Crippen LogP contribution in [0.4, 0.5) is 5.82 Å². The van der Waals surface area contributed by atoms with Gasteiger partial charge in [-0.3, -0.25) is 4.98 Å². The van der Waals surface area contributed by atoms with Gasteiger partial charge in [0.1, 0.15) is 10.7 Å². The van der Waals surface area contributed by atoms with E-state index < -0.39 is 10.0 Å². The highest BCUT2D eigenvalue weighted by Gasteiger charge is 2.18. The molecule has 8 heteroatoms. The van der Waals surface area contributed by atoms with Gasteiger partial charge in [-0.05, 0) is 41.1 Å². The summed E-state index contributed by atoms with van der Waals surface area (Å²) in [6, 6.07) is 6.82. The third kappa shape index (κ3) is 3.53. The molecule has 2 heterocycles. The highest BCUT2D eigenvalue weighted by molar-refractivity contribution is 9.10. The minimum atomic E-state index is -3.73. The molecular formula is C12H13BrN4O2S. The summed E-state index contributed by atoms with van der Waals surface area (Å²) in [5, 5.41) is 0. The van der Waals surface area contributed by atoms with Gasteiger partial charge in [0.2, 0.25) is 10.0 Å². The second-order valence-corrected chi connectivity index (χ2v) is 6.78. The first kappa shape index (κ1) is 14.9. The van der Waals surface area contributed by atoms with Gasteiger partial charge < -0.3 is 5.73 Å². The van der Waals surface area contributed by atoms with Crippen LogP contribution in [-0.4, -0.2) is 18.4 Å². The number of pyridine rings is 2. The van der Waals surface area contributed by atoms with E-state index in [1.54, 1.807) is 6.07 Å². The zero-order valence-electron chi connectivity index (χ0n) is 10.7. The fraction of sp³-hybridized carbons (Fsp3) is 0.167. The molecule has 0 atom stereocenters. The molecule has 6 nitrogen and oxygen atoms in total. The average molecular weight is 357 g/mol. The Labute approximate surface area is 125 Å². The molecule has 0 aromatic carbocycles. The number of nitrogens with one attached hydrogen (secondary N) is 1. The van der Waals surface area contributed by atoms with E-state index in [0.29, 0.717) is 10.2 Å². The predicted octanol–water partition coefficient (Wildman–Crippen LogP) is 1.61. The maximum absolute atomic E-state index is 12.2. The Hall–Kier alpha value is -1.51. The Morgan fingerprint density at radius 2 is 2.15 bits per heavy atom. The zero-order valence-corrected chi connectivity index (χ0v) is 13.1. The number of sulfonamides is 1. The Balaban J connectivity index is 2.21. The molecule has 0 aliphatic heterocycles. The Bertz CT molecular complexity index is 734. The largest absolute Gasteiger partial charge is 0.383 e. The van der Waals surface area contributed by atoms with Gasteiger partial charge in [0.15, 0.2) is 0 Å². The monoisotopic (exact) mass is 356 g/mol. The predicted molar refractivity (Wildman–Crippen MR) is 79.3 cm³/mol. The van der Waals surface area contributed by atoms with E-state index in [1.807, 2.05) is 19.1 Å². The summed E-state index contributed by atoms with van der Waals surface area (Å²) in [6.45, 7) is 1.93. The molecule has 0 unspecified atom stereocenters. The quantitative estimate of drug-likeness (QED) is 0.866. The number of nitrogens with two attached hydrogens (primary N) is 1. The van der Waals surface area contributed by atoms with Crippen molar-refractivity contribution in [1.82, 2.24) is 14.7 Å². The smallest absolute Gasteiger partial charge is 0.244 e. The Morgan fingerprint density at radius 1 is 1.40 bits per heavy atom.